The highest BCUT2D eigenvalue weighted by Gasteiger charge is 2.37. The topological polar surface area (TPSA) is 96.6 Å². The lowest BCUT2D eigenvalue weighted by Crippen LogP contribution is -2.51. The molecule has 7 nitrogen and oxygen atoms in total. The highest BCUT2D eigenvalue weighted by atomic mass is 16.6. The fourth-order valence-electron chi connectivity index (χ4n) is 1.80. The summed E-state index contributed by atoms with van der Waals surface area (Å²) in [5.74, 6) is -0.980. The van der Waals surface area contributed by atoms with Gasteiger partial charge in [-0.1, -0.05) is 0 Å². The van der Waals surface area contributed by atoms with Gasteiger partial charge in [0.25, 0.3) is 0 Å². The third kappa shape index (κ3) is 2.81. The van der Waals surface area contributed by atoms with Crippen LogP contribution < -0.4 is 4.90 Å². The minimum absolute atomic E-state index is 0.0832. The summed E-state index contributed by atoms with van der Waals surface area (Å²) in [4.78, 5) is 27.4. The van der Waals surface area contributed by atoms with Crippen molar-refractivity contribution < 1.29 is 14.8 Å². The summed E-state index contributed by atoms with van der Waals surface area (Å²) >= 11 is 0. The zero-order valence-electron chi connectivity index (χ0n) is 11.4. The van der Waals surface area contributed by atoms with Gasteiger partial charge < -0.3 is 10.0 Å². The number of likely N-dealkylation sites (N-methyl/N-ethyl adjacent to an activating group) is 1. The Hall–Kier alpha value is -2.18. The molecule has 0 unspecified atom stereocenters. The van der Waals surface area contributed by atoms with E-state index in [9.17, 15) is 20.0 Å². The predicted molar refractivity (Wildman–Crippen MR) is 70.4 cm³/mol. The number of anilines is 1. The van der Waals surface area contributed by atoms with Crippen LogP contribution in [-0.4, -0.2) is 33.1 Å². The van der Waals surface area contributed by atoms with E-state index in [-0.39, 0.29) is 11.5 Å². The molecule has 19 heavy (non-hydrogen) atoms. The van der Waals surface area contributed by atoms with Crippen LogP contribution in [0.4, 0.5) is 11.5 Å². The van der Waals surface area contributed by atoms with Gasteiger partial charge in [0.1, 0.15) is 5.54 Å². The lowest BCUT2D eigenvalue weighted by Gasteiger charge is -2.34. The van der Waals surface area contributed by atoms with Gasteiger partial charge in [-0.05, 0) is 33.8 Å². The van der Waals surface area contributed by atoms with E-state index in [1.165, 1.54) is 30.9 Å². The first-order valence-electron chi connectivity index (χ1n) is 5.84. The molecule has 0 spiro atoms. The molecule has 0 amide bonds. The number of nitrogens with zero attached hydrogens (tertiary/aromatic N) is 3. The molecule has 0 saturated heterocycles. The van der Waals surface area contributed by atoms with Crippen LogP contribution in [0.15, 0.2) is 12.1 Å². The van der Waals surface area contributed by atoms with Crippen molar-refractivity contribution in [3.05, 3.63) is 27.9 Å². The summed E-state index contributed by atoms with van der Waals surface area (Å²) in [7, 11) is 0. The summed E-state index contributed by atoms with van der Waals surface area (Å²) < 4.78 is 0. The fraction of sp³-hybridized carbons (Fsp3) is 0.500. The Kier molecular flexibility index (Phi) is 4.08. The highest BCUT2D eigenvalue weighted by Crippen LogP contribution is 2.31. The third-order valence-electron chi connectivity index (χ3n) is 2.96. The standard InChI is InChI=1S/C12H17N3O4/c1-5-14(12(3,4)11(16)17)10-9(15(18)19)7-6-8(2)13-10/h6-7H,5H2,1-4H3,(H,16,17). The van der Waals surface area contributed by atoms with Gasteiger partial charge in [-0.25, -0.2) is 9.78 Å². The molecule has 104 valence electrons. The molecule has 7 heteroatoms. The molecular formula is C12H17N3O4. The van der Waals surface area contributed by atoms with Crippen molar-refractivity contribution >= 4 is 17.5 Å². The second-order valence-electron chi connectivity index (χ2n) is 4.66. The number of hydrogen-bond donors (Lipinski definition) is 1. The summed E-state index contributed by atoms with van der Waals surface area (Å²) in [6, 6.07) is 2.88. The van der Waals surface area contributed by atoms with E-state index >= 15 is 0 Å². The second kappa shape index (κ2) is 5.21. The highest BCUT2D eigenvalue weighted by molar-refractivity contribution is 5.83. The number of aryl methyl sites for hydroxylation is 1. The SMILES string of the molecule is CCN(c1nc(C)ccc1[N+](=O)[O-])C(C)(C)C(=O)O. The van der Waals surface area contributed by atoms with Crippen molar-refractivity contribution in [2.75, 3.05) is 11.4 Å². The molecule has 1 aromatic heterocycles. The average Bonchev–Trinajstić information content (AvgIpc) is 2.28. The number of rotatable bonds is 5. The number of aliphatic carboxylic acids is 1. The van der Waals surface area contributed by atoms with Gasteiger partial charge in [-0.15, -0.1) is 0 Å². The van der Waals surface area contributed by atoms with Crippen molar-refractivity contribution in [1.82, 2.24) is 4.98 Å². The quantitative estimate of drug-likeness (QED) is 0.647. The maximum atomic E-state index is 11.3. The molecule has 0 bridgehead atoms. The Balaban J connectivity index is 3.44. The van der Waals surface area contributed by atoms with Crippen LogP contribution in [-0.2, 0) is 4.79 Å². The molecule has 0 fully saturated rings. The first kappa shape index (κ1) is 14.9. The van der Waals surface area contributed by atoms with Crippen LogP contribution in [0.5, 0.6) is 0 Å². The third-order valence-corrected chi connectivity index (χ3v) is 2.96. The van der Waals surface area contributed by atoms with Gasteiger partial charge in [0.2, 0.25) is 5.82 Å². The molecule has 0 radical (unpaired) electrons. The summed E-state index contributed by atoms with van der Waals surface area (Å²) in [5.41, 5.74) is -0.873. The normalized spacial score (nSPS) is 11.2. The van der Waals surface area contributed by atoms with Crippen LogP contribution in [0.25, 0.3) is 0 Å². The number of carbonyl (C=O) groups is 1. The van der Waals surface area contributed by atoms with E-state index in [0.29, 0.717) is 12.2 Å². The Bertz CT molecular complexity index is 514. The first-order valence-corrected chi connectivity index (χ1v) is 5.84. The van der Waals surface area contributed by atoms with Gasteiger partial charge in [0.05, 0.1) is 4.92 Å². The van der Waals surface area contributed by atoms with Crippen LogP contribution in [0.1, 0.15) is 26.5 Å². The van der Waals surface area contributed by atoms with Gasteiger partial charge in [-0.2, -0.15) is 0 Å². The van der Waals surface area contributed by atoms with Gasteiger partial charge in [0.15, 0.2) is 0 Å². The molecule has 1 rings (SSSR count). The fourth-order valence-corrected chi connectivity index (χ4v) is 1.80. The predicted octanol–water partition coefficient (Wildman–Crippen LogP) is 1.99. The number of pyridine rings is 1. The summed E-state index contributed by atoms with van der Waals surface area (Å²) in [5, 5.41) is 20.3. The first-order chi connectivity index (χ1) is 8.71. The average molecular weight is 267 g/mol. The maximum absolute atomic E-state index is 11.3. The zero-order chi connectivity index (χ0) is 14.8. The van der Waals surface area contributed by atoms with Crippen molar-refractivity contribution in [2.24, 2.45) is 0 Å². The minimum atomic E-state index is -1.28. The Morgan fingerprint density at radius 1 is 1.53 bits per heavy atom. The molecule has 0 atom stereocenters. The number of aromatic nitrogens is 1. The minimum Gasteiger partial charge on any atom is -0.480 e. The Morgan fingerprint density at radius 3 is 2.53 bits per heavy atom. The van der Waals surface area contributed by atoms with E-state index in [0.717, 1.165) is 0 Å². The number of carboxylic acid groups (broad SMARTS) is 1. The van der Waals surface area contributed by atoms with Crippen molar-refractivity contribution in [2.45, 2.75) is 33.2 Å². The van der Waals surface area contributed by atoms with Gasteiger partial charge in [0, 0.05) is 18.3 Å². The molecule has 1 N–H and O–H groups in total. The summed E-state index contributed by atoms with van der Waals surface area (Å²) in [6.45, 7) is 6.73. The van der Waals surface area contributed by atoms with Crippen molar-refractivity contribution in [1.29, 1.82) is 0 Å². The van der Waals surface area contributed by atoms with Crippen LogP contribution in [0, 0.1) is 17.0 Å². The smallest absolute Gasteiger partial charge is 0.329 e. The van der Waals surface area contributed by atoms with E-state index in [1.807, 2.05) is 0 Å². The lowest BCUT2D eigenvalue weighted by molar-refractivity contribution is -0.384. The van der Waals surface area contributed by atoms with E-state index in [2.05, 4.69) is 4.98 Å². The zero-order valence-corrected chi connectivity index (χ0v) is 11.4. The van der Waals surface area contributed by atoms with Crippen LogP contribution in [0.2, 0.25) is 0 Å². The van der Waals surface area contributed by atoms with Crippen LogP contribution >= 0.6 is 0 Å². The molecular weight excluding hydrogens is 250 g/mol. The molecule has 0 aromatic carbocycles. The molecule has 1 heterocycles. The monoisotopic (exact) mass is 267 g/mol. The van der Waals surface area contributed by atoms with Gasteiger partial charge in [-0.3, -0.25) is 10.1 Å². The van der Waals surface area contributed by atoms with Crippen molar-refractivity contribution in [3.8, 4) is 0 Å². The van der Waals surface area contributed by atoms with Crippen molar-refractivity contribution in [3.63, 3.8) is 0 Å². The molecule has 1 aromatic rings. The van der Waals surface area contributed by atoms with Gasteiger partial charge >= 0.3 is 11.7 Å². The molecule has 0 aliphatic rings. The molecule has 0 aliphatic heterocycles. The Labute approximate surface area is 111 Å². The Morgan fingerprint density at radius 2 is 2.11 bits per heavy atom. The largest absolute Gasteiger partial charge is 0.480 e. The molecule has 0 aliphatic carbocycles. The lowest BCUT2D eigenvalue weighted by atomic mass is 10.0. The van der Waals surface area contributed by atoms with E-state index in [1.54, 1.807) is 13.8 Å². The van der Waals surface area contributed by atoms with Crippen LogP contribution in [0.3, 0.4) is 0 Å². The number of carboxylic acids is 1. The maximum Gasteiger partial charge on any atom is 0.329 e. The molecule has 0 saturated carbocycles. The van der Waals surface area contributed by atoms with E-state index < -0.39 is 16.4 Å². The van der Waals surface area contributed by atoms with E-state index in [4.69, 9.17) is 0 Å². The summed E-state index contributed by atoms with van der Waals surface area (Å²) in [6.07, 6.45) is 0. The number of nitro groups is 1. The second-order valence-corrected chi connectivity index (χ2v) is 4.66. The number of hydrogen-bond acceptors (Lipinski definition) is 5.